The van der Waals surface area contributed by atoms with Gasteiger partial charge in [-0.2, -0.15) is 0 Å². The minimum atomic E-state index is -0.739. The van der Waals surface area contributed by atoms with Gasteiger partial charge in [0.05, 0.1) is 29.5 Å². The maximum absolute atomic E-state index is 13.8. The predicted octanol–water partition coefficient (Wildman–Crippen LogP) is 4.60. The quantitative estimate of drug-likeness (QED) is 0.329. The Morgan fingerprint density at radius 2 is 1.76 bits per heavy atom. The van der Waals surface area contributed by atoms with Crippen molar-refractivity contribution in [2.45, 2.75) is 19.9 Å². The van der Waals surface area contributed by atoms with Gasteiger partial charge >= 0.3 is 5.97 Å². The molecular formula is C30H26N2O5S. The Balaban J connectivity index is 1.64. The highest BCUT2D eigenvalue weighted by molar-refractivity contribution is 7.07. The minimum absolute atomic E-state index is 0.208. The van der Waals surface area contributed by atoms with Crippen LogP contribution in [0, 0.1) is 0 Å². The molecule has 5 rings (SSSR count). The molecule has 1 aliphatic rings. The molecule has 1 aromatic heterocycles. The molecule has 3 aromatic carbocycles. The number of benzene rings is 3. The van der Waals surface area contributed by atoms with E-state index < -0.39 is 12.0 Å². The average Bonchev–Trinajstić information content (AvgIpc) is 3.22. The maximum atomic E-state index is 13.8. The van der Waals surface area contributed by atoms with Crippen molar-refractivity contribution in [3.63, 3.8) is 0 Å². The SMILES string of the molecule is CCOC(=O)C1=C(C)N=c2s/c(=C\c3cccc(Oc4ccccc4)c3)c(=O)n2C1c1ccccc1OC. The second-order valence-corrected chi connectivity index (χ2v) is 9.54. The molecule has 0 bridgehead atoms. The van der Waals surface area contributed by atoms with Gasteiger partial charge in [0, 0.05) is 5.56 Å². The van der Waals surface area contributed by atoms with E-state index in [0.717, 1.165) is 11.3 Å². The second kappa shape index (κ2) is 10.9. The number of hydrogen-bond acceptors (Lipinski definition) is 7. The van der Waals surface area contributed by atoms with Crippen LogP contribution in [0.2, 0.25) is 0 Å². The largest absolute Gasteiger partial charge is 0.496 e. The van der Waals surface area contributed by atoms with Crippen molar-refractivity contribution in [1.29, 1.82) is 0 Å². The van der Waals surface area contributed by atoms with Gasteiger partial charge in [-0.15, -0.1) is 0 Å². The number of para-hydroxylation sites is 2. The van der Waals surface area contributed by atoms with Crippen LogP contribution in [0.3, 0.4) is 0 Å². The van der Waals surface area contributed by atoms with Crippen molar-refractivity contribution in [2.75, 3.05) is 13.7 Å². The molecular weight excluding hydrogens is 500 g/mol. The Bertz CT molecular complexity index is 1700. The summed E-state index contributed by atoms with van der Waals surface area (Å²) in [6, 6.07) is 23.6. The maximum Gasteiger partial charge on any atom is 0.338 e. The van der Waals surface area contributed by atoms with Crippen molar-refractivity contribution in [3.8, 4) is 17.2 Å². The highest BCUT2D eigenvalue weighted by Gasteiger charge is 2.34. The topological polar surface area (TPSA) is 79.1 Å². The third-order valence-corrected chi connectivity index (χ3v) is 7.07. The highest BCUT2D eigenvalue weighted by Crippen LogP contribution is 2.35. The number of esters is 1. The summed E-state index contributed by atoms with van der Waals surface area (Å²) < 4.78 is 19.0. The van der Waals surface area contributed by atoms with Crippen LogP contribution in [0.4, 0.5) is 0 Å². The lowest BCUT2D eigenvalue weighted by molar-refractivity contribution is -0.139. The molecule has 1 unspecified atom stereocenters. The van der Waals surface area contributed by atoms with Crippen molar-refractivity contribution >= 4 is 23.4 Å². The first-order valence-electron chi connectivity index (χ1n) is 12.2. The number of fused-ring (bicyclic) bond motifs is 1. The Morgan fingerprint density at radius 3 is 2.53 bits per heavy atom. The first-order chi connectivity index (χ1) is 18.5. The monoisotopic (exact) mass is 526 g/mol. The molecule has 0 fully saturated rings. The normalized spacial score (nSPS) is 15.0. The number of ether oxygens (including phenoxy) is 3. The average molecular weight is 527 g/mol. The van der Waals surface area contributed by atoms with Gasteiger partial charge in [0.15, 0.2) is 4.80 Å². The van der Waals surface area contributed by atoms with Crippen LogP contribution < -0.4 is 24.4 Å². The summed E-state index contributed by atoms with van der Waals surface area (Å²) in [5.41, 5.74) is 2.05. The number of methoxy groups -OCH3 is 1. The lowest BCUT2D eigenvalue weighted by Gasteiger charge is -2.25. The molecule has 0 saturated heterocycles. The summed E-state index contributed by atoms with van der Waals surface area (Å²) in [5.74, 6) is 1.44. The van der Waals surface area contributed by atoms with Crippen LogP contribution in [0.5, 0.6) is 17.2 Å². The molecule has 2 heterocycles. The van der Waals surface area contributed by atoms with E-state index in [4.69, 9.17) is 14.2 Å². The summed E-state index contributed by atoms with van der Waals surface area (Å²) in [7, 11) is 1.56. The van der Waals surface area contributed by atoms with Crippen LogP contribution in [0.1, 0.15) is 31.0 Å². The van der Waals surface area contributed by atoms with Crippen LogP contribution in [-0.4, -0.2) is 24.3 Å². The van der Waals surface area contributed by atoms with Gasteiger partial charge in [-0.1, -0.05) is 59.9 Å². The lowest BCUT2D eigenvalue weighted by Crippen LogP contribution is -2.40. The van der Waals surface area contributed by atoms with E-state index in [2.05, 4.69) is 4.99 Å². The molecule has 0 spiro atoms. The number of hydrogen-bond donors (Lipinski definition) is 0. The van der Waals surface area contributed by atoms with Gasteiger partial charge in [0.1, 0.15) is 23.3 Å². The number of aromatic nitrogens is 1. The Kier molecular flexibility index (Phi) is 7.24. The molecule has 192 valence electrons. The molecule has 4 aromatic rings. The highest BCUT2D eigenvalue weighted by atomic mass is 32.1. The van der Waals surface area contributed by atoms with Crippen molar-refractivity contribution in [2.24, 2.45) is 4.99 Å². The summed E-state index contributed by atoms with van der Waals surface area (Å²) in [6.07, 6.45) is 1.81. The number of rotatable bonds is 7. The summed E-state index contributed by atoms with van der Waals surface area (Å²) in [5, 5.41) is 0. The van der Waals surface area contributed by atoms with Crippen LogP contribution >= 0.6 is 11.3 Å². The van der Waals surface area contributed by atoms with Gasteiger partial charge in [0.2, 0.25) is 0 Å². The zero-order valence-corrected chi connectivity index (χ0v) is 22.0. The summed E-state index contributed by atoms with van der Waals surface area (Å²) in [4.78, 5) is 32.1. The third kappa shape index (κ3) is 4.90. The first kappa shape index (κ1) is 25.2. The van der Waals surface area contributed by atoms with E-state index in [-0.39, 0.29) is 12.2 Å². The second-order valence-electron chi connectivity index (χ2n) is 8.53. The van der Waals surface area contributed by atoms with Crippen molar-refractivity contribution < 1.29 is 19.0 Å². The van der Waals surface area contributed by atoms with Crippen LogP contribution in [0.25, 0.3) is 6.08 Å². The molecule has 0 saturated carbocycles. The van der Waals surface area contributed by atoms with E-state index in [9.17, 15) is 9.59 Å². The Morgan fingerprint density at radius 1 is 1.03 bits per heavy atom. The predicted molar refractivity (Wildman–Crippen MR) is 146 cm³/mol. The van der Waals surface area contributed by atoms with E-state index in [0.29, 0.717) is 37.7 Å². The number of thiazole rings is 1. The number of nitrogens with zero attached hydrogens (tertiary/aromatic N) is 2. The summed E-state index contributed by atoms with van der Waals surface area (Å²) in [6.45, 7) is 3.72. The minimum Gasteiger partial charge on any atom is -0.496 e. The molecule has 38 heavy (non-hydrogen) atoms. The van der Waals surface area contributed by atoms with Crippen LogP contribution in [-0.2, 0) is 9.53 Å². The fraction of sp³-hybridized carbons (Fsp3) is 0.167. The van der Waals surface area contributed by atoms with E-state index in [1.807, 2.05) is 84.9 Å². The van der Waals surface area contributed by atoms with Crippen LogP contribution in [0.15, 0.2) is 99.9 Å². The van der Waals surface area contributed by atoms with Gasteiger partial charge < -0.3 is 14.2 Å². The van der Waals surface area contributed by atoms with Gasteiger partial charge in [-0.3, -0.25) is 9.36 Å². The zero-order chi connectivity index (χ0) is 26.6. The van der Waals surface area contributed by atoms with Crippen molar-refractivity contribution in [1.82, 2.24) is 4.57 Å². The third-order valence-electron chi connectivity index (χ3n) is 6.09. The standard InChI is InChI=1S/C30H26N2O5S/c1-4-36-29(34)26-19(2)31-30-32(27(26)23-15-8-9-16-24(23)35-3)28(33)25(38-30)18-20-11-10-14-22(17-20)37-21-12-6-5-7-13-21/h5-18,27H,4H2,1-3H3/b25-18-. The fourth-order valence-electron chi connectivity index (χ4n) is 4.42. The lowest BCUT2D eigenvalue weighted by atomic mass is 9.95. The van der Waals surface area contributed by atoms with Gasteiger partial charge in [-0.25, -0.2) is 9.79 Å². The zero-order valence-electron chi connectivity index (χ0n) is 21.2. The van der Waals surface area contributed by atoms with Gasteiger partial charge in [0.25, 0.3) is 5.56 Å². The summed E-state index contributed by atoms with van der Waals surface area (Å²) >= 11 is 1.27. The van der Waals surface area contributed by atoms with E-state index in [1.165, 1.54) is 11.3 Å². The molecule has 7 nitrogen and oxygen atoms in total. The molecule has 0 aliphatic carbocycles. The van der Waals surface area contributed by atoms with E-state index >= 15 is 0 Å². The number of carbonyl (C=O) groups is 1. The molecule has 0 amide bonds. The number of carbonyl (C=O) groups excluding carboxylic acids is 1. The molecule has 0 radical (unpaired) electrons. The smallest absolute Gasteiger partial charge is 0.338 e. The molecule has 1 atom stereocenters. The van der Waals surface area contributed by atoms with E-state index in [1.54, 1.807) is 25.5 Å². The Labute approximate surface area is 223 Å². The molecule has 1 aliphatic heterocycles. The van der Waals surface area contributed by atoms with Gasteiger partial charge in [-0.05, 0) is 55.8 Å². The fourth-order valence-corrected chi connectivity index (χ4v) is 5.47. The molecule has 8 heteroatoms. The number of allylic oxidation sites excluding steroid dienone is 1. The first-order valence-corrected chi connectivity index (χ1v) is 13.0. The Hall–Kier alpha value is -4.43. The molecule has 0 N–H and O–H groups in total. The van der Waals surface area contributed by atoms with Crippen molar-refractivity contribution in [3.05, 3.63) is 121 Å².